The second-order valence-corrected chi connectivity index (χ2v) is 8.35. The SMILES string of the molecule is COc1cc(NS(=O)(=O)c2cc(-c3c(C)noc3C)ccc2C)cc(OC)c1OC. The molecule has 9 heteroatoms. The summed E-state index contributed by atoms with van der Waals surface area (Å²) in [7, 11) is 0.504. The van der Waals surface area contributed by atoms with Gasteiger partial charge in [0.05, 0.1) is 37.6 Å². The largest absolute Gasteiger partial charge is 0.493 e. The summed E-state index contributed by atoms with van der Waals surface area (Å²) in [4.78, 5) is 0.147. The molecule has 30 heavy (non-hydrogen) atoms. The van der Waals surface area contributed by atoms with Crippen molar-refractivity contribution in [2.45, 2.75) is 25.7 Å². The van der Waals surface area contributed by atoms with Gasteiger partial charge >= 0.3 is 0 Å². The van der Waals surface area contributed by atoms with Crippen molar-refractivity contribution in [2.24, 2.45) is 0 Å². The zero-order valence-electron chi connectivity index (χ0n) is 17.7. The lowest BCUT2D eigenvalue weighted by Crippen LogP contribution is -2.14. The first-order valence-corrected chi connectivity index (χ1v) is 10.6. The van der Waals surface area contributed by atoms with Gasteiger partial charge in [-0.2, -0.15) is 0 Å². The summed E-state index contributed by atoms with van der Waals surface area (Å²) in [5.74, 6) is 1.68. The van der Waals surface area contributed by atoms with Gasteiger partial charge in [-0.25, -0.2) is 8.42 Å². The van der Waals surface area contributed by atoms with Gasteiger partial charge in [0.2, 0.25) is 5.75 Å². The maximum absolute atomic E-state index is 13.2. The Hall–Kier alpha value is -3.20. The minimum absolute atomic E-state index is 0.147. The van der Waals surface area contributed by atoms with Crippen molar-refractivity contribution in [3.8, 4) is 28.4 Å². The molecule has 0 bridgehead atoms. The lowest BCUT2D eigenvalue weighted by Gasteiger charge is -2.16. The highest BCUT2D eigenvalue weighted by Gasteiger charge is 2.22. The minimum atomic E-state index is -3.91. The predicted octanol–water partition coefficient (Wildman–Crippen LogP) is 4.09. The van der Waals surface area contributed by atoms with Crippen molar-refractivity contribution in [1.82, 2.24) is 5.16 Å². The van der Waals surface area contributed by atoms with Crippen LogP contribution in [-0.4, -0.2) is 34.9 Å². The Kier molecular flexibility index (Phi) is 5.93. The van der Waals surface area contributed by atoms with Gasteiger partial charge < -0.3 is 18.7 Å². The molecular formula is C21H24N2O6S. The monoisotopic (exact) mass is 432 g/mol. The molecule has 0 aliphatic heterocycles. The third-order valence-electron chi connectivity index (χ3n) is 4.72. The third-order valence-corrected chi connectivity index (χ3v) is 6.24. The Labute approximate surface area is 175 Å². The van der Waals surface area contributed by atoms with Crippen LogP contribution in [-0.2, 0) is 10.0 Å². The summed E-state index contributed by atoms with van der Waals surface area (Å²) in [6.45, 7) is 5.34. The average molecular weight is 432 g/mol. The number of sulfonamides is 1. The number of aromatic nitrogens is 1. The normalized spacial score (nSPS) is 11.3. The molecule has 0 aliphatic carbocycles. The topological polar surface area (TPSA) is 99.9 Å². The van der Waals surface area contributed by atoms with Crippen LogP contribution in [0.15, 0.2) is 39.8 Å². The molecule has 3 aromatic rings. The summed E-state index contributed by atoms with van der Waals surface area (Å²) in [5, 5.41) is 3.95. The van der Waals surface area contributed by atoms with Gasteiger partial charge in [-0.3, -0.25) is 4.72 Å². The number of methoxy groups -OCH3 is 3. The highest BCUT2D eigenvalue weighted by molar-refractivity contribution is 7.92. The van der Waals surface area contributed by atoms with E-state index in [4.69, 9.17) is 18.7 Å². The van der Waals surface area contributed by atoms with Gasteiger partial charge in [0, 0.05) is 17.7 Å². The van der Waals surface area contributed by atoms with Crippen LogP contribution in [0.5, 0.6) is 17.2 Å². The molecule has 0 saturated carbocycles. The van der Waals surface area contributed by atoms with E-state index in [1.165, 1.54) is 33.5 Å². The predicted molar refractivity (Wildman–Crippen MR) is 113 cm³/mol. The van der Waals surface area contributed by atoms with E-state index < -0.39 is 10.0 Å². The molecule has 1 heterocycles. The number of aryl methyl sites for hydroxylation is 3. The lowest BCUT2D eigenvalue weighted by molar-refractivity contribution is 0.325. The van der Waals surface area contributed by atoms with Crippen molar-refractivity contribution >= 4 is 15.7 Å². The van der Waals surface area contributed by atoms with E-state index in [-0.39, 0.29) is 10.6 Å². The molecule has 0 fully saturated rings. The van der Waals surface area contributed by atoms with Crippen LogP contribution in [0.1, 0.15) is 17.0 Å². The van der Waals surface area contributed by atoms with E-state index in [0.717, 1.165) is 5.56 Å². The van der Waals surface area contributed by atoms with Crippen LogP contribution in [0, 0.1) is 20.8 Å². The first kappa shape index (κ1) is 21.5. The van der Waals surface area contributed by atoms with Crippen LogP contribution in [0.2, 0.25) is 0 Å². The summed E-state index contributed by atoms with van der Waals surface area (Å²) in [5.41, 5.74) is 3.07. The van der Waals surface area contributed by atoms with Crippen molar-refractivity contribution in [3.05, 3.63) is 47.3 Å². The first-order chi connectivity index (χ1) is 14.2. The van der Waals surface area contributed by atoms with E-state index >= 15 is 0 Å². The number of rotatable bonds is 7. The standard InChI is InChI=1S/C21H24N2O6S/c1-12-7-8-15(20-13(2)22-29-14(20)3)9-19(12)30(24,25)23-16-10-17(26-4)21(28-6)18(11-16)27-5/h7-11,23H,1-6H3. The molecule has 0 spiro atoms. The zero-order valence-corrected chi connectivity index (χ0v) is 18.5. The molecule has 2 aromatic carbocycles. The molecular weight excluding hydrogens is 408 g/mol. The summed E-state index contributed by atoms with van der Waals surface area (Å²) >= 11 is 0. The average Bonchev–Trinajstić information content (AvgIpc) is 3.05. The van der Waals surface area contributed by atoms with E-state index in [0.29, 0.717) is 39.8 Å². The Morgan fingerprint density at radius 1 is 0.933 bits per heavy atom. The van der Waals surface area contributed by atoms with Crippen LogP contribution in [0.4, 0.5) is 5.69 Å². The molecule has 1 aromatic heterocycles. The van der Waals surface area contributed by atoms with Gasteiger partial charge in [0.1, 0.15) is 5.76 Å². The molecule has 8 nitrogen and oxygen atoms in total. The van der Waals surface area contributed by atoms with Crippen LogP contribution in [0.25, 0.3) is 11.1 Å². The summed E-state index contributed by atoms with van der Waals surface area (Å²) in [6, 6.07) is 8.28. The van der Waals surface area contributed by atoms with Gasteiger partial charge in [-0.05, 0) is 38.0 Å². The maximum Gasteiger partial charge on any atom is 0.262 e. The minimum Gasteiger partial charge on any atom is -0.493 e. The smallest absolute Gasteiger partial charge is 0.262 e. The van der Waals surface area contributed by atoms with E-state index in [9.17, 15) is 8.42 Å². The third kappa shape index (κ3) is 3.93. The number of hydrogen-bond donors (Lipinski definition) is 1. The van der Waals surface area contributed by atoms with Crippen LogP contribution >= 0.6 is 0 Å². The number of anilines is 1. The lowest BCUT2D eigenvalue weighted by atomic mass is 10.0. The Bertz CT molecular complexity index is 1140. The molecule has 3 rings (SSSR count). The molecule has 0 atom stereocenters. The fourth-order valence-corrected chi connectivity index (χ4v) is 4.60. The van der Waals surface area contributed by atoms with E-state index in [1.54, 1.807) is 26.0 Å². The van der Waals surface area contributed by atoms with Gasteiger partial charge in [0.15, 0.2) is 11.5 Å². The first-order valence-electron chi connectivity index (χ1n) is 9.08. The highest BCUT2D eigenvalue weighted by Crippen LogP contribution is 2.40. The van der Waals surface area contributed by atoms with Crippen molar-refractivity contribution in [1.29, 1.82) is 0 Å². The number of hydrogen-bond acceptors (Lipinski definition) is 7. The Balaban J connectivity index is 2.06. The summed E-state index contributed by atoms with van der Waals surface area (Å²) in [6.07, 6.45) is 0. The molecule has 0 radical (unpaired) electrons. The molecule has 1 N–H and O–H groups in total. The van der Waals surface area contributed by atoms with Crippen LogP contribution < -0.4 is 18.9 Å². The number of ether oxygens (including phenoxy) is 3. The maximum atomic E-state index is 13.2. The second-order valence-electron chi connectivity index (χ2n) is 6.70. The quantitative estimate of drug-likeness (QED) is 0.600. The van der Waals surface area contributed by atoms with Gasteiger partial charge in [-0.15, -0.1) is 0 Å². The number of benzene rings is 2. The van der Waals surface area contributed by atoms with E-state index in [1.807, 2.05) is 13.0 Å². The molecule has 0 unspecified atom stereocenters. The Morgan fingerprint density at radius 2 is 1.57 bits per heavy atom. The highest BCUT2D eigenvalue weighted by atomic mass is 32.2. The molecule has 160 valence electrons. The van der Waals surface area contributed by atoms with Crippen molar-refractivity contribution in [2.75, 3.05) is 26.1 Å². The van der Waals surface area contributed by atoms with Crippen molar-refractivity contribution < 1.29 is 27.2 Å². The Morgan fingerprint density at radius 3 is 2.07 bits per heavy atom. The fourth-order valence-electron chi connectivity index (χ4n) is 3.29. The summed E-state index contributed by atoms with van der Waals surface area (Å²) < 4.78 is 50.1. The number of nitrogens with zero attached hydrogens (tertiary/aromatic N) is 1. The van der Waals surface area contributed by atoms with Gasteiger partial charge in [-0.1, -0.05) is 17.3 Å². The number of nitrogens with one attached hydrogen (secondary N) is 1. The fraction of sp³-hybridized carbons (Fsp3) is 0.286. The van der Waals surface area contributed by atoms with E-state index in [2.05, 4.69) is 9.88 Å². The van der Waals surface area contributed by atoms with Gasteiger partial charge in [0.25, 0.3) is 10.0 Å². The molecule has 0 aliphatic rings. The molecule has 0 saturated heterocycles. The van der Waals surface area contributed by atoms with Crippen LogP contribution in [0.3, 0.4) is 0 Å². The zero-order chi connectivity index (χ0) is 22.1. The van der Waals surface area contributed by atoms with Crippen molar-refractivity contribution in [3.63, 3.8) is 0 Å². The molecule has 0 amide bonds. The second kappa shape index (κ2) is 8.27.